The van der Waals surface area contributed by atoms with Crippen LogP contribution < -0.4 is 10.2 Å². The zero-order chi connectivity index (χ0) is 18.1. The van der Waals surface area contributed by atoms with Gasteiger partial charge in [-0.25, -0.2) is 4.98 Å². The first-order chi connectivity index (χ1) is 12.3. The third-order valence-corrected chi connectivity index (χ3v) is 3.94. The summed E-state index contributed by atoms with van der Waals surface area (Å²) in [6, 6.07) is 7.89. The van der Waals surface area contributed by atoms with E-state index in [2.05, 4.69) is 26.8 Å². The van der Waals surface area contributed by atoms with Gasteiger partial charge in [0.05, 0.1) is 29.5 Å². The molecule has 5 nitrogen and oxygen atoms in total. The Morgan fingerprint density at radius 1 is 1.16 bits per heavy atom. The molecule has 1 aromatic heterocycles. The second-order valence-electron chi connectivity index (χ2n) is 5.55. The summed E-state index contributed by atoms with van der Waals surface area (Å²) in [5.74, 6) is -0.259. The van der Waals surface area contributed by atoms with Gasteiger partial charge in [0.1, 0.15) is 5.69 Å². The van der Waals surface area contributed by atoms with Crippen molar-refractivity contribution in [2.24, 2.45) is 0 Å². The number of rotatable bonds is 4. The number of hydrogen-bond acceptors (Lipinski definition) is 4. The van der Waals surface area contributed by atoms with E-state index in [4.69, 9.17) is 0 Å². The molecule has 2 heterocycles. The van der Waals surface area contributed by atoms with Crippen molar-refractivity contribution in [1.82, 2.24) is 9.97 Å². The Hall–Kier alpha value is -2.69. The second kappa shape index (κ2) is 9.57. The fourth-order valence-electron chi connectivity index (χ4n) is 2.77. The Morgan fingerprint density at radius 2 is 1.88 bits per heavy atom. The predicted octanol–water partition coefficient (Wildman–Crippen LogP) is 4.39. The number of carbonyl (C=O) groups is 1. The SMILES string of the molecule is C=Cc1cncc(C(=O)Nc2ccccc2N2CCCCC2)n1.CC. The van der Waals surface area contributed by atoms with E-state index < -0.39 is 0 Å². The van der Waals surface area contributed by atoms with Gasteiger partial charge in [-0.15, -0.1) is 0 Å². The van der Waals surface area contributed by atoms with Gasteiger partial charge in [0, 0.05) is 13.1 Å². The van der Waals surface area contributed by atoms with Crippen LogP contribution in [0, 0.1) is 0 Å². The van der Waals surface area contributed by atoms with E-state index >= 15 is 0 Å². The van der Waals surface area contributed by atoms with E-state index in [0.717, 1.165) is 24.5 Å². The van der Waals surface area contributed by atoms with Crippen molar-refractivity contribution in [3.05, 3.63) is 54.6 Å². The van der Waals surface area contributed by atoms with Gasteiger partial charge in [-0.1, -0.05) is 32.6 Å². The molecule has 1 N–H and O–H groups in total. The molecule has 1 amide bonds. The summed E-state index contributed by atoms with van der Waals surface area (Å²) in [4.78, 5) is 23.0. The topological polar surface area (TPSA) is 58.1 Å². The molecule has 1 aliphatic heterocycles. The monoisotopic (exact) mass is 338 g/mol. The van der Waals surface area contributed by atoms with Crippen LogP contribution in [0.1, 0.15) is 49.3 Å². The molecule has 5 heteroatoms. The van der Waals surface area contributed by atoms with Crippen LogP contribution in [0.15, 0.2) is 43.2 Å². The molecule has 0 spiro atoms. The lowest BCUT2D eigenvalue weighted by Gasteiger charge is -2.30. The average Bonchev–Trinajstić information content (AvgIpc) is 2.70. The number of aromatic nitrogens is 2. The minimum Gasteiger partial charge on any atom is -0.370 e. The van der Waals surface area contributed by atoms with Gasteiger partial charge in [0.25, 0.3) is 5.91 Å². The van der Waals surface area contributed by atoms with Gasteiger partial charge in [0.15, 0.2) is 0 Å². The summed E-state index contributed by atoms with van der Waals surface area (Å²) in [6.45, 7) is 9.70. The Balaban J connectivity index is 0.00000109. The number of carbonyl (C=O) groups excluding carboxylic acids is 1. The largest absolute Gasteiger partial charge is 0.370 e. The summed E-state index contributed by atoms with van der Waals surface area (Å²) >= 11 is 0. The normalized spacial score (nSPS) is 13.4. The molecule has 25 heavy (non-hydrogen) atoms. The second-order valence-corrected chi connectivity index (χ2v) is 5.55. The first-order valence-electron chi connectivity index (χ1n) is 8.88. The standard InChI is InChI=1S/C18H20N4O.C2H6/c1-2-14-12-19-13-16(20-14)18(23)21-15-8-4-5-9-17(15)22-10-6-3-7-11-22;1-2/h2,4-5,8-9,12-13H,1,3,6-7,10-11H2,(H,21,23);1-2H3. The zero-order valence-corrected chi connectivity index (χ0v) is 15.0. The summed E-state index contributed by atoms with van der Waals surface area (Å²) in [5.41, 5.74) is 2.75. The molecule has 2 aromatic rings. The molecule has 3 rings (SSSR count). The molecule has 1 aliphatic rings. The smallest absolute Gasteiger partial charge is 0.275 e. The fourth-order valence-corrected chi connectivity index (χ4v) is 2.77. The lowest BCUT2D eigenvalue weighted by Crippen LogP contribution is -2.30. The van der Waals surface area contributed by atoms with Crippen molar-refractivity contribution in [3.63, 3.8) is 0 Å². The van der Waals surface area contributed by atoms with Crippen LogP contribution in [0.25, 0.3) is 6.08 Å². The van der Waals surface area contributed by atoms with E-state index in [9.17, 15) is 4.79 Å². The van der Waals surface area contributed by atoms with E-state index in [1.807, 2.05) is 38.1 Å². The Labute approximate surface area is 149 Å². The van der Waals surface area contributed by atoms with E-state index in [1.165, 1.54) is 25.5 Å². The summed E-state index contributed by atoms with van der Waals surface area (Å²) in [5, 5.41) is 2.96. The Kier molecular flexibility index (Phi) is 7.14. The van der Waals surface area contributed by atoms with E-state index in [-0.39, 0.29) is 11.6 Å². The van der Waals surface area contributed by atoms with Crippen molar-refractivity contribution in [1.29, 1.82) is 0 Å². The van der Waals surface area contributed by atoms with Gasteiger partial charge in [0.2, 0.25) is 0 Å². The molecule has 1 saturated heterocycles. The number of anilines is 2. The van der Waals surface area contributed by atoms with Crippen LogP contribution in [-0.4, -0.2) is 29.0 Å². The third kappa shape index (κ3) is 4.89. The maximum atomic E-state index is 12.5. The minimum atomic E-state index is -0.259. The van der Waals surface area contributed by atoms with E-state index in [1.54, 1.807) is 12.3 Å². The first kappa shape index (κ1) is 18.6. The van der Waals surface area contributed by atoms with Crippen LogP contribution >= 0.6 is 0 Å². The maximum Gasteiger partial charge on any atom is 0.275 e. The highest BCUT2D eigenvalue weighted by Gasteiger charge is 2.16. The highest BCUT2D eigenvalue weighted by atomic mass is 16.1. The predicted molar refractivity (Wildman–Crippen MR) is 104 cm³/mol. The molecule has 0 aliphatic carbocycles. The Bertz CT molecular complexity index is 708. The molecule has 0 atom stereocenters. The molecule has 0 unspecified atom stereocenters. The molecular formula is C20H26N4O. The van der Waals surface area contributed by atoms with Crippen LogP contribution in [0.5, 0.6) is 0 Å². The van der Waals surface area contributed by atoms with Crippen molar-refractivity contribution in [2.75, 3.05) is 23.3 Å². The highest BCUT2D eigenvalue weighted by Crippen LogP contribution is 2.28. The van der Waals surface area contributed by atoms with Gasteiger partial charge in [-0.05, 0) is 37.5 Å². The molecule has 0 bridgehead atoms. The van der Waals surface area contributed by atoms with Gasteiger partial charge >= 0.3 is 0 Å². The lowest BCUT2D eigenvalue weighted by molar-refractivity contribution is 0.102. The number of amides is 1. The van der Waals surface area contributed by atoms with Crippen molar-refractivity contribution < 1.29 is 4.79 Å². The van der Waals surface area contributed by atoms with Crippen molar-refractivity contribution in [2.45, 2.75) is 33.1 Å². The third-order valence-electron chi connectivity index (χ3n) is 3.94. The van der Waals surface area contributed by atoms with Crippen LogP contribution in [0.3, 0.4) is 0 Å². The molecule has 0 saturated carbocycles. The number of hydrogen-bond donors (Lipinski definition) is 1. The molecule has 0 radical (unpaired) electrons. The molecule has 1 aromatic carbocycles. The lowest BCUT2D eigenvalue weighted by atomic mass is 10.1. The minimum absolute atomic E-state index is 0.259. The average molecular weight is 338 g/mol. The Morgan fingerprint density at radius 3 is 2.60 bits per heavy atom. The molecular weight excluding hydrogens is 312 g/mol. The van der Waals surface area contributed by atoms with Crippen molar-refractivity contribution >= 4 is 23.4 Å². The quantitative estimate of drug-likeness (QED) is 0.898. The number of para-hydroxylation sites is 2. The van der Waals surface area contributed by atoms with Crippen LogP contribution in [-0.2, 0) is 0 Å². The van der Waals surface area contributed by atoms with Gasteiger partial charge in [-0.2, -0.15) is 0 Å². The number of nitrogens with zero attached hydrogens (tertiary/aromatic N) is 3. The molecule has 1 fully saturated rings. The number of piperidine rings is 1. The van der Waals surface area contributed by atoms with Crippen LogP contribution in [0.2, 0.25) is 0 Å². The van der Waals surface area contributed by atoms with Crippen LogP contribution in [0.4, 0.5) is 11.4 Å². The zero-order valence-electron chi connectivity index (χ0n) is 15.0. The summed E-state index contributed by atoms with van der Waals surface area (Å²) in [6.07, 6.45) is 8.27. The van der Waals surface area contributed by atoms with Gasteiger partial charge in [-0.3, -0.25) is 9.78 Å². The van der Waals surface area contributed by atoms with Crippen molar-refractivity contribution in [3.8, 4) is 0 Å². The summed E-state index contributed by atoms with van der Waals surface area (Å²) in [7, 11) is 0. The summed E-state index contributed by atoms with van der Waals surface area (Å²) < 4.78 is 0. The maximum absolute atomic E-state index is 12.5. The number of benzene rings is 1. The first-order valence-corrected chi connectivity index (χ1v) is 8.88. The highest BCUT2D eigenvalue weighted by molar-refractivity contribution is 6.04. The molecule has 132 valence electrons. The van der Waals surface area contributed by atoms with Gasteiger partial charge < -0.3 is 10.2 Å². The van der Waals surface area contributed by atoms with E-state index in [0.29, 0.717) is 5.69 Å². The number of nitrogens with one attached hydrogen (secondary N) is 1. The fraction of sp³-hybridized carbons (Fsp3) is 0.350.